The average molecular weight is 432 g/mol. The molecular weight excluding hydrogens is 408 g/mol. The van der Waals surface area contributed by atoms with E-state index in [1.807, 2.05) is 66.9 Å². The monoisotopic (exact) mass is 432 g/mol. The molecule has 5 aromatic rings. The Labute approximate surface area is 182 Å². The van der Waals surface area contributed by atoms with E-state index in [1.165, 1.54) is 0 Å². The molecule has 9 nitrogen and oxygen atoms in total. The molecule has 0 spiro atoms. The summed E-state index contributed by atoms with van der Waals surface area (Å²) in [5.41, 5.74) is 3.67. The molecule has 0 aliphatic heterocycles. The van der Waals surface area contributed by atoms with Crippen LogP contribution < -0.4 is 11.4 Å². The van der Waals surface area contributed by atoms with Gasteiger partial charge in [0.15, 0.2) is 5.82 Å². The van der Waals surface area contributed by atoms with Crippen LogP contribution in [0.15, 0.2) is 62.6 Å². The van der Waals surface area contributed by atoms with Crippen LogP contribution >= 0.6 is 0 Å². The van der Waals surface area contributed by atoms with E-state index in [9.17, 15) is 9.59 Å². The van der Waals surface area contributed by atoms with Gasteiger partial charge in [0.1, 0.15) is 5.82 Å². The van der Waals surface area contributed by atoms with Gasteiger partial charge in [0.05, 0.1) is 28.6 Å². The topological polar surface area (TPSA) is 104 Å². The van der Waals surface area contributed by atoms with Crippen molar-refractivity contribution in [2.24, 2.45) is 0 Å². The zero-order valence-electron chi connectivity index (χ0n) is 18.0. The van der Waals surface area contributed by atoms with Gasteiger partial charge in [-0.25, -0.2) is 14.6 Å². The summed E-state index contributed by atoms with van der Waals surface area (Å²) in [4.78, 5) is 31.9. The molecular formula is C23H24N6O3. The summed E-state index contributed by atoms with van der Waals surface area (Å²) in [7, 11) is 0. The summed E-state index contributed by atoms with van der Waals surface area (Å²) < 4.78 is 10.3. The molecule has 0 aliphatic carbocycles. The van der Waals surface area contributed by atoms with Crippen LogP contribution in [0, 0.1) is 0 Å². The normalized spacial score (nSPS) is 11.8. The van der Waals surface area contributed by atoms with Crippen LogP contribution in [0.1, 0.15) is 38.0 Å². The van der Waals surface area contributed by atoms with Gasteiger partial charge in [-0.05, 0) is 44.5 Å². The fourth-order valence-corrected chi connectivity index (χ4v) is 4.29. The molecule has 2 aromatic carbocycles. The highest BCUT2D eigenvalue weighted by molar-refractivity contribution is 5.77. The van der Waals surface area contributed by atoms with Crippen LogP contribution in [0.2, 0.25) is 0 Å². The summed E-state index contributed by atoms with van der Waals surface area (Å²) in [6, 6.07) is 15.9. The van der Waals surface area contributed by atoms with Crippen LogP contribution in [-0.2, 0) is 19.5 Å². The van der Waals surface area contributed by atoms with Crippen LogP contribution in [0.3, 0.4) is 0 Å². The van der Waals surface area contributed by atoms with Crippen molar-refractivity contribution in [3.63, 3.8) is 0 Å². The Morgan fingerprint density at radius 1 is 0.969 bits per heavy atom. The molecule has 0 fully saturated rings. The number of H-pyrrole nitrogens is 1. The van der Waals surface area contributed by atoms with E-state index in [0.29, 0.717) is 25.3 Å². The Morgan fingerprint density at radius 3 is 2.41 bits per heavy atom. The molecule has 0 bridgehead atoms. The molecule has 0 amide bonds. The van der Waals surface area contributed by atoms with E-state index in [-0.39, 0.29) is 11.7 Å². The minimum Gasteiger partial charge on any atom is -0.326 e. The second kappa shape index (κ2) is 7.99. The number of rotatable bonds is 7. The van der Waals surface area contributed by atoms with Gasteiger partial charge in [0.25, 0.3) is 0 Å². The first-order chi connectivity index (χ1) is 15.5. The maximum absolute atomic E-state index is 13.3. The number of nitrogens with one attached hydrogen (secondary N) is 1. The van der Waals surface area contributed by atoms with Crippen molar-refractivity contribution in [1.29, 1.82) is 0 Å². The molecule has 3 heterocycles. The van der Waals surface area contributed by atoms with Crippen LogP contribution in [-0.4, -0.2) is 28.8 Å². The molecule has 164 valence electrons. The number of hydrogen-bond acceptors (Lipinski definition) is 5. The first-order valence-electron chi connectivity index (χ1n) is 10.7. The quantitative estimate of drug-likeness (QED) is 0.426. The Bertz CT molecular complexity index is 1510. The molecule has 0 unspecified atom stereocenters. The second-order valence-corrected chi connectivity index (χ2v) is 8.13. The van der Waals surface area contributed by atoms with Crippen LogP contribution in [0.25, 0.3) is 22.1 Å². The number of benzene rings is 2. The van der Waals surface area contributed by atoms with Gasteiger partial charge in [-0.2, -0.15) is 0 Å². The van der Waals surface area contributed by atoms with Crippen LogP contribution in [0.4, 0.5) is 0 Å². The van der Waals surface area contributed by atoms with Gasteiger partial charge < -0.3 is 4.57 Å². The molecule has 5 rings (SSSR count). The molecule has 0 saturated heterocycles. The molecule has 0 aliphatic rings. The third-order valence-corrected chi connectivity index (χ3v) is 5.70. The fourth-order valence-electron chi connectivity index (χ4n) is 4.29. The number of aromatic nitrogens is 6. The zero-order chi connectivity index (χ0) is 22.2. The Balaban J connectivity index is 1.54. The summed E-state index contributed by atoms with van der Waals surface area (Å²) >= 11 is 0. The van der Waals surface area contributed by atoms with E-state index >= 15 is 0 Å². The third-order valence-electron chi connectivity index (χ3n) is 5.70. The Hall–Kier alpha value is -3.88. The summed E-state index contributed by atoms with van der Waals surface area (Å²) in [6.45, 7) is 5.07. The van der Waals surface area contributed by atoms with Gasteiger partial charge >= 0.3 is 11.4 Å². The minimum atomic E-state index is -0.547. The lowest BCUT2D eigenvalue weighted by molar-refractivity contribution is 0.380. The van der Waals surface area contributed by atoms with Gasteiger partial charge in [0, 0.05) is 19.0 Å². The second-order valence-electron chi connectivity index (χ2n) is 8.13. The standard InChI is InChI=1S/C23H24N6O3/c1-15(2)29-19-11-6-5-10-18(19)28(23(29)31)14-21-24-16-8-3-4-9-17(16)27(21)13-7-12-20-25-22(30)32-26-20/h3-6,8-11,15H,7,12-14H2,1-2H3,(H,25,26,30). The number of aryl methyl sites for hydroxylation is 2. The summed E-state index contributed by atoms with van der Waals surface area (Å²) in [5.74, 6) is 0.792. The number of nitrogens with zero attached hydrogens (tertiary/aromatic N) is 5. The number of aromatic amines is 1. The maximum Gasteiger partial charge on any atom is 0.438 e. The predicted octanol–water partition coefficient (Wildman–Crippen LogP) is 3.09. The molecule has 1 N–H and O–H groups in total. The van der Waals surface area contributed by atoms with Gasteiger partial charge in [-0.1, -0.05) is 29.4 Å². The fraction of sp³-hybridized carbons (Fsp3) is 0.304. The van der Waals surface area contributed by atoms with Crippen LogP contribution in [0.5, 0.6) is 0 Å². The smallest absolute Gasteiger partial charge is 0.326 e. The number of para-hydroxylation sites is 4. The van der Waals surface area contributed by atoms with E-state index in [2.05, 4.69) is 19.2 Å². The molecule has 32 heavy (non-hydrogen) atoms. The van der Waals surface area contributed by atoms with Crippen molar-refractivity contribution < 1.29 is 4.52 Å². The van der Waals surface area contributed by atoms with Crippen molar-refractivity contribution in [3.8, 4) is 0 Å². The van der Waals surface area contributed by atoms with E-state index in [1.54, 1.807) is 4.57 Å². The maximum atomic E-state index is 13.3. The lowest BCUT2D eigenvalue weighted by Gasteiger charge is -2.10. The Morgan fingerprint density at radius 2 is 1.69 bits per heavy atom. The molecule has 9 heteroatoms. The molecule has 0 radical (unpaired) electrons. The zero-order valence-corrected chi connectivity index (χ0v) is 18.0. The molecule has 3 aromatic heterocycles. The van der Waals surface area contributed by atoms with E-state index < -0.39 is 5.76 Å². The highest BCUT2D eigenvalue weighted by Gasteiger charge is 2.18. The minimum absolute atomic E-state index is 0.0417. The predicted molar refractivity (Wildman–Crippen MR) is 121 cm³/mol. The Kier molecular flexibility index (Phi) is 5.01. The summed E-state index contributed by atoms with van der Waals surface area (Å²) in [5, 5.41) is 3.74. The number of imidazole rings is 2. The van der Waals surface area contributed by atoms with E-state index in [0.717, 1.165) is 34.3 Å². The number of fused-ring (bicyclic) bond motifs is 2. The number of hydrogen-bond donors (Lipinski definition) is 1. The van der Waals surface area contributed by atoms with Crippen molar-refractivity contribution in [2.45, 2.75) is 45.8 Å². The first-order valence-corrected chi connectivity index (χ1v) is 10.7. The van der Waals surface area contributed by atoms with Crippen molar-refractivity contribution in [3.05, 3.63) is 81.2 Å². The highest BCUT2D eigenvalue weighted by atomic mass is 16.5. The van der Waals surface area contributed by atoms with Gasteiger partial charge in [-0.3, -0.25) is 18.6 Å². The first kappa shape index (κ1) is 20.0. The van der Waals surface area contributed by atoms with E-state index in [4.69, 9.17) is 4.98 Å². The summed E-state index contributed by atoms with van der Waals surface area (Å²) in [6.07, 6.45) is 1.31. The molecule has 0 atom stereocenters. The van der Waals surface area contributed by atoms with Crippen molar-refractivity contribution >= 4 is 22.1 Å². The van der Waals surface area contributed by atoms with Crippen molar-refractivity contribution in [1.82, 2.24) is 28.8 Å². The highest BCUT2D eigenvalue weighted by Crippen LogP contribution is 2.21. The SMILES string of the molecule is CC(C)n1c(=O)n(Cc2nc3ccccc3n2CCCc2noc(=O)[nH]2)c2ccccc21. The average Bonchev–Trinajstić information content (AvgIpc) is 3.43. The molecule has 0 saturated carbocycles. The lowest BCUT2D eigenvalue weighted by atomic mass is 10.2. The van der Waals surface area contributed by atoms with Gasteiger partial charge in [0.2, 0.25) is 0 Å². The third kappa shape index (κ3) is 3.45. The largest absolute Gasteiger partial charge is 0.438 e. The van der Waals surface area contributed by atoms with Crippen molar-refractivity contribution in [2.75, 3.05) is 0 Å². The lowest BCUT2D eigenvalue weighted by Crippen LogP contribution is -2.27. The van der Waals surface area contributed by atoms with Gasteiger partial charge in [-0.15, -0.1) is 0 Å².